The topological polar surface area (TPSA) is 46.5 Å². The van der Waals surface area contributed by atoms with E-state index < -0.39 is 24.2 Å². The third kappa shape index (κ3) is 2.63. The van der Waals surface area contributed by atoms with Gasteiger partial charge in [0.1, 0.15) is 11.7 Å². The molecule has 0 bridgehead atoms. The van der Waals surface area contributed by atoms with E-state index in [0.29, 0.717) is 5.56 Å². The lowest BCUT2D eigenvalue weighted by atomic mass is 9.89. The summed E-state index contributed by atoms with van der Waals surface area (Å²) in [5.74, 6) is -3.27. The van der Waals surface area contributed by atoms with Gasteiger partial charge in [-0.15, -0.1) is 0 Å². The van der Waals surface area contributed by atoms with Crippen LogP contribution in [0.2, 0.25) is 5.02 Å². The molecule has 1 N–H and O–H groups in total. The lowest BCUT2D eigenvalue weighted by Crippen LogP contribution is -2.47. The number of aryl methyl sites for hydroxylation is 1. The Morgan fingerprint density at radius 3 is 2.63 bits per heavy atom. The second-order valence-electron chi connectivity index (χ2n) is 4.46. The maximum atomic E-state index is 12.8. The molecule has 0 spiro atoms. The number of hydrogen-bond donors (Lipinski definition) is 1. The average Bonchev–Trinajstić information content (AvgIpc) is 2.25. The van der Waals surface area contributed by atoms with Crippen LogP contribution in [0.3, 0.4) is 0 Å². The van der Waals surface area contributed by atoms with E-state index in [0.717, 1.165) is 5.56 Å². The molecule has 2 unspecified atom stereocenters. The fourth-order valence-electron chi connectivity index (χ4n) is 2.15. The molecule has 1 aliphatic rings. The van der Waals surface area contributed by atoms with E-state index in [9.17, 15) is 18.0 Å². The van der Waals surface area contributed by atoms with Gasteiger partial charge in [0.05, 0.1) is 5.02 Å². The summed E-state index contributed by atoms with van der Waals surface area (Å²) in [4.78, 5) is 11.0. The maximum Gasteiger partial charge on any atom is 0.426 e. The summed E-state index contributed by atoms with van der Waals surface area (Å²) in [6.45, 7) is 1.72. The van der Waals surface area contributed by atoms with Gasteiger partial charge in [0, 0.05) is 0 Å². The molecule has 1 aromatic carbocycles. The molecule has 104 valence electrons. The minimum absolute atomic E-state index is 0.0630. The minimum atomic E-state index is -4.75. The van der Waals surface area contributed by atoms with E-state index in [4.69, 9.17) is 21.4 Å². The van der Waals surface area contributed by atoms with Crippen molar-refractivity contribution in [2.45, 2.75) is 25.6 Å². The fraction of sp³-hybridized carbons (Fsp3) is 0.417. The number of benzene rings is 1. The Kier molecular flexibility index (Phi) is 3.38. The van der Waals surface area contributed by atoms with Crippen LogP contribution in [0.25, 0.3) is 0 Å². The monoisotopic (exact) mass is 294 g/mol. The predicted octanol–water partition coefficient (Wildman–Crippen LogP) is 3.22. The summed E-state index contributed by atoms with van der Waals surface area (Å²) >= 11 is 5.85. The zero-order valence-electron chi connectivity index (χ0n) is 9.79. The summed E-state index contributed by atoms with van der Waals surface area (Å²) in [5.41, 5.74) is 1.12. The van der Waals surface area contributed by atoms with Gasteiger partial charge in [0.15, 0.2) is 0 Å². The van der Waals surface area contributed by atoms with Crippen molar-refractivity contribution in [2.24, 2.45) is 5.92 Å². The third-order valence-electron chi connectivity index (χ3n) is 2.95. The number of carboxylic acid groups (broad SMARTS) is 1. The first-order valence-corrected chi connectivity index (χ1v) is 5.83. The van der Waals surface area contributed by atoms with E-state index in [1.54, 1.807) is 13.0 Å². The predicted molar refractivity (Wildman–Crippen MR) is 61.5 cm³/mol. The van der Waals surface area contributed by atoms with Crippen molar-refractivity contribution in [3.8, 4) is 5.75 Å². The van der Waals surface area contributed by atoms with Crippen LogP contribution in [-0.4, -0.2) is 23.4 Å². The largest absolute Gasteiger partial charge is 0.481 e. The van der Waals surface area contributed by atoms with Crippen LogP contribution >= 0.6 is 11.6 Å². The van der Waals surface area contributed by atoms with E-state index in [2.05, 4.69) is 0 Å². The summed E-state index contributed by atoms with van der Waals surface area (Å²) in [6.07, 6.45) is -7.39. The quantitative estimate of drug-likeness (QED) is 0.865. The molecule has 1 aromatic rings. The summed E-state index contributed by atoms with van der Waals surface area (Å²) < 4.78 is 43.3. The Bertz CT molecular complexity index is 528. The highest BCUT2D eigenvalue weighted by Gasteiger charge is 2.52. The van der Waals surface area contributed by atoms with Crippen LogP contribution in [0.4, 0.5) is 13.2 Å². The smallest absolute Gasteiger partial charge is 0.426 e. The Morgan fingerprint density at radius 2 is 2.11 bits per heavy atom. The number of aliphatic carboxylic acids is 1. The SMILES string of the molecule is Cc1cc(Cl)c2c(c1)CC(C(=O)O)C(C(F)(F)F)O2. The van der Waals surface area contributed by atoms with E-state index in [1.807, 2.05) is 0 Å². The lowest BCUT2D eigenvalue weighted by Gasteiger charge is -2.33. The van der Waals surface area contributed by atoms with Gasteiger partial charge in [0.2, 0.25) is 6.10 Å². The standard InChI is InChI=1S/C12H10ClF3O3/c1-5-2-6-4-7(11(17)18)10(12(14,15)16)19-9(6)8(13)3-5/h2-3,7,10H,4H2,1H3,(H,17,18). The van der Waals surface area contributed by atoms with E-state index >= 15 is 0 Å². The fourth-order valence-corrected chi connectivity index (χ4v) is 2.49. The normalized spacial score (nSPS) is 22.6. The lowest BCUT2D eigenvalue weighted by molar-refractivity contribution is -0.217. The molecule has 1 aliphatic heterocycles. The second-order valence-corrected chi connectivity index (χ2v) is 4.87. The van der Waals surface area contributed by atoms with Crippen molar-refractivity contribution in [3.63, 3.8) is 0 Å². The molecule has 19 heavy (non-hydrogen) atoms. The van der Waals surface area contributed by atoms with Gasteiger partial charge in [-0.2, -0.15) is 13.2 Å². The second kappa shape index (κ2) is 4.59. The molecule has 2 atom stereocenters. The van der Waals surface area contributed by atoms with Crippen molar-refractivity contribution >= 4 is 17.6 Å². The Hall–Kier alpha value is -1.43. The maximum absolute atomic E-state index is 12.8. The summed E-state index contributed by atoms with van der Waals surface area (Å²) in [6, 6.07) is 3.07. The van der Waals surface area contributed by atoms with Crippen molar-refractivity contribution in [2.75, 3.05) is 0 Å². The zero-order valence-corrected chi connectivity index (χ0v) is 10.5. The van der Waals surface area contributed by atoms with Gasteiger partial charge in [0.25, 0.3) is 0 Å². The van der Waals surface area contributed by atoms with Crippen LogP contribution in [-0.2, 0) is 11.2 Å². The van der Waals surface area contributed by atoms with Gasteiger partial charge in [-0.05, 0) is 30.5 Å². The van der Waals surface area contributed by atoms with Crippen LogP contribution in [0.15, 0.2) is 12.1 Å². The first-order chi connectivity index (χ1) is 8.70. The molecule has 2 rings (SSSR count). The number of halogens is 4. The highest BCUT2D eigenvalue weighted by molar-refractivity contribution is 6.32. The average molecular weight is 295 g/mol. The molecule has 3 nitrogen and oxygen atoms in total. The van der Waals surface area contributed by atoms with Crippen molar-refractivity contribution in [3.05, 3.63) is 28.3 Å². The first-order valence-electron chi connectivity index (χ1n) is 5.45. The molecule has 1 heterocycles. The number of carboxylic acids is 1. The molecule has 7 heteroatoms. The molecule has 0 radical (unpaired) electrons. The Labute approximate surface area is 111 Å². The summed E-state index contributed by atoms with van der Waals surface area (Å²) in [5, 5.41) is 8.99. The Balaban J connectivity index is 2.48. The molecule has 0 amide bonds. The zero-order chi connectivity index (χ0) is 14.4. The Morgan fingerprint density at radius 1 is 1.47 bits per heavy atom. The van der Waals surface area contributed by atoms with Gasteiger partial charge in [-0.25, -0.2) is 0 Å². The van der Waals surface area contributed by atoms with Crippen molar-refractivity contribution in [1.29, 1.82) is 0 Å². The summed E-state index contributed by atoms with van der Waals surface area (Å²) in [7, 11) is 0. The van der Waals surface area contributed by atoms with Gasteiger partial charge in [-0.3, -0.25) is 4.79 Å². The van der Waals surface area contributed by atoms with E-state index in [1.165, 1.54) is 6.07 Å². The van der Waals surface area contributed by atoms with Crippen molar-refractivity contribution < 1.29 is 27.8 Å². The number of hydrogen-bond acceptors (Lipinski definition) is 2. The van der Waals surface area contributed by atoms with Gasteiger partial charge < -0.3 is 9.84 Å². The van der Waals surface area contributed by atoms with E-state index in [-0.39, 0.29) is 17.2 Å². The molecule has 0 fully saturated rings. The van der Waals surface area contributed by atoms with Crippen LogP contribution in [0.1, 0.15) is 11.1 Å². The highest BCUT2D eigenvalue weighted by Crippen LogP contribution is 2.42. The highest BCUT2D eigenvalue weighted by atomic mass is 35.5. The molecule has 0 saturated carbocycles. The minimum Gasteiger partial charge on any atom is -0.481 e. The first kappa shape index (κ1) is 14.0. The molecule has 0 saturated heterocycles. The van der Waals surface area contributed by atoms with Crippen LogP contribution in [0.5, 0.6) is 5.75 Å². The number of ether oxygens (including phenoxy) is 1. The van der Waals surface area contributed by atoms with Gasteiger partial charge in [-0.1, -0.05) is 17.7 Å². The molecule has 0 aromatic heterocycles. The number of carbonyl (C=O) groups is 1. The van der Waals surface area contributed by atoms with Crippen LogP contribution in [0, 0.1) is 12.8 Å². The number of rotatable bonds is 1. The molecular formula is C12H10ClF3O3. The number of alkyl halides is 3. The van der Waals surface area contributed by atoms with Gasteiger partial charge >= 0.3 is 12.1 Å². The van der Waals surface area contributed by atoms with Crippen LogP contribution < -0.4 is 4.74 Å². The number of fused-ring (bicyclic) bond motifs is 1. The molecule has 0 aliphatic carbocycles. The molecular weight excluding hydrogens is 285 g/mol. The van der Waals surface area contributed by atoms with Crippen molar-refractivity contribution in [1.82, 2.24) is 0 Å². The third-order valence-corrected chi connectivity index (χ3v) is 3.24.